The Morgan fingerprint density at radius 1 is 1.24 bits per heavy atom. The van der Waals surface area contributed by atoms with Crippen molar-refractivity contribution in [1.82, 2.24) is 0 Å². The van der Waals surface area contributed by atoms with Gasteiger partial charge < -0.3 is 15.0 Å². The van der Waals surface area contributed by atoms with E-state index in [1.54, 1.807) is 13.2 Å². The van der Waals surface area contributed by atoms with Crippen LogP contribution in [0.25, 0.3) is 0 Å². The smallest absolute Gasteiger partial charge is 0.292 e. The second-order valence-corrected chi connectivity index (χ2v) is 7.99. The summed E-state index contributed by atoms with van der Waals surface area (Å²) in [5.41, 5.74) is 2.15. The van der Waals surface area contributed by atoms with Gasteiger partial charge in [-0.15, -0.1) is 0 Å². The summed E-state index contributed by atoms with van der Waals surface area (Å²) < 4.78 is 5.53. The van der Waals surface area contributed by atoms with E-state index in [1.807, 2.05) is 43.1 Å². The van der Waals surface area contributed by atoms with Crippen molar-refractivity contribution in [1.29, 1.82) is 0 Å². The first-order valence-corrected chi connectivity index (χ1v) is 9.30. The Bertz CT molecular complexity index is 1010. The fourth-order valence-electron chi connectivity index (χ4n) is 5.05. The number of anilines is 2. The molecule has 2 aromatic carbocycles. The molecule has 0 saturated carbocycles. The van der Waals surface area contributed by atoms with Crippen molar-refractivity contribution in [2.24, 2.45) is 5.41 Å². The number of hydrogen-bond acceptors (Lipinski definition) is 7. The summed E-state index contributed by atoms with van der Waals surface area (Å²) in [5.74, 6) is 0.328. The van der Waals surface area contributed by atoms with E-state index in [9.17, 15) is 20.2 Å². The molecule has 3 atom stereocenters. The molecule has 9 heteroatoms. The van der Waals surface area contributed by atoms with E-state index in [2.05, 4.69) is 5.32 Å². The van der Waals surface area contributed by atoms with Crippen molar-refractivity contribution in [3.63, 3.8) is 0 Å². The van der Waals surface area contributed by atoms with Crippen LogP contribution in [-0.2, 0) is 0 Å². The zero-order valence-corrected chi connectivity index (χ0v) is 16.4. The average molecular weight is 398 g/mol. The molecule has 0 aromatic heterocycles. The number of nitrogens with one attached hydrogen (secondary N) is 1. The number of nitro groups is 2. The molecule has 2 aromatic rings. The van der Waals surface area contributed by atoms with Crippen LogP contribution in [0.1, 0.15) is 30.0 Å². The molecule has 29 heavy (non-hydrogen) atoms. The number of rotatable bonds is 5. The van der Waals surface area contributed by atoms with Crippen LogP contribution in [-0.4, -0.2) is 37.1 Å². The minimum absolute atomic E-state index is 0.0232. The molecule has 0 bridgehead atoms. The van der Waals surface area contributed by atoms with Gasteiger partial charge in [-0.1, -0.05) is 25.1 Å². The lowest BCUT2D eigenvalue weighted by Gasteiger charge is -2.44. The summed E-state index contributed by atoms with van der Waals surface area (Å²) in [7, 11) is 3.44. The molecule has 0 fully saturated rings. The topological polar surface area (TPSA) is 111 Å². The monoisotopic (exact) mass is 398 g/mol. The molecule has 0 amide bonds. The van der Waals surface area contributed by atoms with Gasteiger partial charge in [0.15, 0.2) is 0 Å². The van der Waals surface area contributed by atoms with E-state index >= 15 is 0 Å². The van der Waals surface area contributed by atoms with Crippen molar-refractivity contribution in [2.75, 3.05) is 37.5 Å². The quantitative estimate of drug-likeness (QED) is 0.605. The summed E-state index contributed by atoms with van der Waals surface area (Å²) in [6.07, 6.45) is 0. The van der Waals surface area contributed by atoms with Crippen molar-refractivity contribution in [3.05, 3.63) is 67.8 Å². The van der Waals surface area contributed by atoms with Crippen molar-refractivity contribution in [2.45, 2.75) is 18.9 Å². The predicted octanol–water partition coefficient (Wildman–Crippen LogP) is 3.59. The number of nitrogens with zero attached hydrogens (tertiary/aromatic N) is 3. The van der Waals surface area contributed by atoms with Gasteiger partial charge in [0.2, 0.25) is 6.54 Å². The molecule has 152 valence electrons. The van der Waals surface area contributed by atoms with Crippen LogP contribution in [0.2, 0.25) is 0 Å². The van der Waals surface area contributed by atoms with Gasteiger partial charge in [0.05, 0.1) is 23.5 Å². The van der Waals surface area contributed by atoms with Gasteiger partial charge in [-0.2, -0.15) is 0 Å². The van der Waals surface area contributed by atoms with Gasteiger partial charge in [0, 0.05) is 47.3 Å². The fourth-order valence-corrected chi connectivity index (χ4v) is 5.05. The Balaban J connectivity index is 1.97. The van der Waals surface area contributed by atoms with Crippen LogP contribution in [0.3, 0.4) is 0 Å². The predicted molar refractivity (Wildman–Crippen MR) is 108 cm³/mol. The van der Waals surface area contributed by atoms with Crippen LogP contribution in [0.5, 0.6) is 5.75 Å². The lowest BCUT2D eigenvalue weighted by atomic mass is 9.66. The highest BCUT2D eigenvalue weighted by molar-refractivity contribution is 5.82. The van der Waals surface area contributed by atoms with E-state index in [0.717, 1.165) is 16.8 Å². The number of ether oxygens (including phenoxy) is 1. The van der Waals surface area contributed by atoms with Crippen LogP contribution in [0.15, 0.2) is 36.4 Å². The van der Waals surface area contributed by atoms with Crippen LogP contribution in [0, 0.1) is 25.6 Å². The highest BCUT2D eigenvalue weighted by Gasteiger charge is 2.55. The standard InChI is InChI=1S/C20H22N4O5/c1-20(11-23(25)26)10-22(2)13-8-9-14(24(27)28)19-16(13)17(20)18(21-19)12-6-4-5-7-15(12)29-3/h4-9,17-18,21H,10-11H2,1-3H3. The minimum Gasteiger partial charge on any atom is -0.496 e. The first-order valence-electron chi connectivity index (χ1n) is 9.30. The maximum absolute atomic E-state index is 11.7. The number of nitro benzene ring substituents is 1. The fraction of sp³-hybridized carbons (Fsp3) is 0.400. The largest absolute Gasteiger partial charge is 0.496 e. The molecule has 2 heterocycles. The highest BCUT2D eigenvalue weighted by Crippen LogP contribution is 2.61. The van der Waals surface area contributed by atoms with E-state index in [4.69, 9.17) is 4.74 Å². The summed E-state index contributed by atoms with van der Waals surface area (Å²) in [4.78, 5) is 24.5. The molecule has 4 rings (SSSR count). The van der Waals surface area contributed by atoms with E-state index in [1.165, 1.54) is 6.07 Å². The molecule has 2 aliphatic heterocycles. The lowest BCUT2D eigenvalue weighted by Crippen LogP contribution is -2.47. The Hall–Kier alpha value is -3.36. The second kappa shape index (κ2) is 6.61. The zero-order chi connectivity index (χ0) is 20.9. The molecule has 3 unspecified atom stereocenters. The second-order valence-electron chi connectivity index (χ2n) is 7.99. The number of benzene rings is 2. The Morgan fingerprint density at radius 3 is 2.62 bits per heavy atom. The number of methoxy groups -OCH3 is 1. The first-order chi connectivity index (χ1) is 13.8. The van der Waals surface area contributed by atoms with E-state index in [-0.39, 0.29) is 29.1 Å². The van der Waals surface area contributed by atoms with Gasteiger partial charge in [-0.05, 0) is 12.1 Å². The molecule has 9 nitrogen and oxygen atoms in total. The Morgan fingerprint density at radius 2 is 1.97 bits per heavy atom. The van der Waals surface area contributed by atoms with E-state index < -0.39 is 10.3 Å². The summed E-state index contributed by atoms with van der Waals surface area (Å²) in [6.45, 7) is 2.12. The molecule has 0 radical (unpaired) electrons. The van der Waals surface area contributed by atoms with Gasteiger partial charge in [0.1, 0.15) is 11.4 Å². The van der Waals surface area contributed by atoms with Crippen molar-refractivity contribution in [3.8, 4) is 5.75 Å². The molecule has 0 saturated heterocycles. The lowest BCUT2D eigenvalue weighted by molar-refractivity contribution is -0.497. The third-order valence-corrected chi connectivity index (χ3v) is 6.07. The summed E-state index contributed by atoms with van der Waals surface area (Å²) in [6, 6.07) is 10.3. The Kier molecular flexibility index (Phi) is 4.33. The summed E-state index contributed by atoms with van der Waals surface area (Å²) >= 11 is 0. The van der Waals surface area contributed by atoms with Gasteiger partial charge in [-0.25, -0.2) is 0 Å². The molecular weight excluding hydrogens is 376 g/mol. The van der Waals surface area contributed by atoms with Crippen LogP contribution in [0.4, 0.5) is 17.1 Å². The van der Waals surface area contributed by atoms with Crippen molar-refractivity contribution < 1.29 is 14.6 Å². The van der Waals surface area contributed by atoms with Gasteiger partial charge in [0.25, 0.3) is 5.69 Å². The maximum Gasteiger partial charge on any atom is 0.292 e. The molecule has 1 N–H and O–H groups in total. The van der Waals surface area contributed by atoms with E-state index in [0.29, 0.717) is 18.0 Å². The third kappa shape index (κ3) is 2.84. The molecule has 0 spiro atoms. The van der Waals surface area contributed by atoms with Gasteiger partial charge >= 0.3 is 0 Å². The summed E-state index contributed by atoms with van der Waals surface area (Å²) in [5, 5.41) is 26.6. The molecule has 0 aliphatic carbocycles. The van der Waals surface area contributed by atoms with Crippen LogP contribution < -0.4 is 15.0 Å². The maximum atomic E-state index is 11.7. The van der Waals surface area contributed by atoms with Crippen LogP contribution >= 0.6 is 0 Å². The van der Waals surface area contributed by atoms with Gasteiger partial charge in [-0.3, -0.25) is 20.2 Å². The minimum atomic E-state index is -0.732. The highest BCUT2D eigenvalue weighted by atomic mass is 16.6. The Labute approximate surface area is 167 Å². The molecule has 2 aliphatic rings. The average Bonchev–Trinajstić information content (AvgIpc) is 3.06. The normalized spacial score (nSPS) is 24.6. The molecular formula is C20H22N4O5. The number of para-hydroxylation sites is 1. The van der Waals surface area contributed by atoms with Crippen molar-refractivity contribution >= 4 is 17.1 Å². The third-order valence-electron chi connectivity index (χ3n) is 6.07. The zero-order valence-electron chi connectivity index (χ0n) is 16.4. The SMILES string of the molecule is COc1ccccc1C1Nc2c([N+](=O)[O-])ccc3c2C1C(C)(C[N+](=O)[O-])CN3C. The first kappa shape index (κ1) is 19.0. The number of hydrogen-bond donors (Lipinski definition) is 1.